The number of aromatic nitrogens is 1. The highest BCUT2D eigenvalue weighted by atomic mass is 32.2. The summed E-state index contributed by atoms with van der Waals surface area (Å²) in [6.45, 7) is 5.86. The quantitative estimate of drug-likeness (QED) is 0.784. The Morgan fingerprint density at radius 3 is 2.22 bits per heavy atom. The van der Waals surface area contributed by atoms with Crippen molar-refractivity contribution < 1.29 is 22.7 Å². The molecule has 142 valence electrons. The number of rotatable bonds is 5. The largest absolute Gasteiger partial charge is 0.494 e. The molecule has 0 saturated heterocycles. The van der Waals surface area contributed by atoms with E-state index in [9.17, 15) is 13.2 Å². The van der Waals surface area contributed by atoms with E-state index in [-0.39, 0.29) is 10.8 Å². The standard InChI is InChI=1S/C20H21NO5S/c1-5-25-15-9-6-13(7-10-15)17-18(26-20(2,3)19(17)22)14-8-11-16(21-12-14)27(4,23)24/h6-12H,5H2,1-4H3. The first-order valence-corrected chi connectivity index (χ1v) is 10.4. The number of hydrogen-bond donors (Lipinski definition) is 0. The summed E-state index contributed by atoms with van der Waals surface area (Å²) in [6.07, 6.45) is 2.51. The van der Waals surface area contributed by atoms with E-state index in [0.717, 1.165) is 6.26 Å². The molecular weight excluding hydrogens is 366 g/mol. The molecule has 0 N–H and O–H groups in total. The van der Waals surface area contributed by atoms with Gasteiger partial charge in [-0.05, 0) is 50.6 Å². The Morgan fingerprint density at radius 2 is 1.70 bits per heavy atom. The molecule has 7 heteroatoms. The maximum Gasteiger partial charge on any atom is 0.210 e. The molecule has 3 rings (SSSR count). The molecule has 0 aliphatic carbocycles. The van der Waals surface area contributed by atoms with E-state index < -0.39 is 15.4 Å². The van der Waals surface area contributed by atoms with E-state index in [1.165, 1.54) is 12.3 Å². The first kappa shape index (κ1) is 19.1. The molecule has 2 heterocycles. The number of carbonyl (C=O) groups excluding carboxylic acids is 1. The zero-order valence-electron chi connectivity index (χ0n) is 15.6. The van der Waals surface area contributed by atoms with E-state index >= 15 is 0 Å². The van der Waals surface area contributed by atoms with Gasteiger partial charge in [-0.3, -0.25) is 4.79 Å². The van der Waals surface area contributed by atoms with Gasteiger partial charge < -0.3 is 9.47 Å². The number of carbonyl (C=O) groups is 1. The summed E-state index contributed by atoms with van der Waals surface area (Å²) in [5, 5.41) is -0.0296. The van der Waals surface area contributed by atoms with Gasteiger partial charge in [-0.15, -0.1) is 0 Å². The van der Waals surface area contributed by atoms with E-state index in [4.69, 9.17) is 9.47 Å². The number of nitrogens with zero attached hydrogens (tertiary/aromatic N) is 1. The zero-order chi connectivity index (χ0) is 19.8. The van der Waals surface area contributed by atoms with Crippen LogP contribution in [0.3, 0.4) is 0 Å². The minimum atomic E-state index is -3.40. The normalized spacial score (nSPS) is 16.4. The van der Waals surface area contributed by atoms with Gasteiger partial charge in [0, 0.05) is 18.0 Å². The fourth-order valence-electron chi connectivity index (χ4n) is 2.84. The Morgan fingerprint density at radius 1 is 1.07 bits per heavy atom. The van der Waals surface area contributed by atoms with E-state index in [2.05, 4.69) is 4.98 Å². The lowest BCUT2D eigenvalue weighted by atomic mass is 9.93. The van der Waals surface area contributed by atoms with Gasteiger partial charge in [0.15, 0.2) is 20.5 Å². The SMILES string of the molecule is CCOc1ccc(C2=C(c3ccc(S(C)(=O)=O)nc3)OC(C)(C)C2=O)cc1. The van der Waals surface area contributed by atoms with E-state index in [0.29, 0.717) is 34.8 Å². The smallest absolute Gasteiger partial charge is 0.210 e. The van der Waals surface area contributed by atoms with Crippen LogP contribution in [0, 0.1) is 0 Å². The second-order valence-corrected chi connectivity index (χ2v) is 8.72. The average molecular weight is 387 g/mol. The predicted octanol–water partition coefficient (Wildman–Crippen LogP) is 3.13. The first-order chi connectivity index (χ1) is 12.6. The molecule has 2 aromatic rings. The van der Waals surface area contributed by atoms with Crippen molar-refractivity contribution in [1.82, 2.24) is 4.98 Å². The van der Waals surface area contributed by atoms with Crippen LogP contribution in [0.5, 0.6) is 5.75 Å². The van der Waals surface area contributed by atoms with Gasteiger partial charge in [-0.1, -0.05) is 12.1 Å². The number of ketones is 1. The van der Waals surface area contributed by atoms with Gasteiger partial charge in [0.1, 0.15) is 11.5 Å². The molecule has 1 aliphatic rings. The van der Waals surface area contributed by atoms with E-state index in [1.807, 2.05) is 6.92 Å². The fraction of sp³-hybridized carbons (Fsp3) is 0.300. The topological polar surface area (TPSA) is 82.6 Å². The summed E-state index contributed by atoms with van der Waals surface area (Å²) in [5.41, 5.74) is 0.678. The third-order valence-corrected chi connectivity index (χ3v) is 5.19. The molecule has 1 aromatic carbocycles. The third kappa shape index (κ3) is 3.73. The van der Waals surface area contributed by atoms with Crippen molar-refractivity contribution in [2.24, 2.45) is 0 Å². The number of sulfone groups is 1. The molecular formula is C20H21NO5S. The van der Waals surface area contributed by atoms with Crippen LogP contribution in [-0.2, 0) is 19.4 Å². The zero-order valence-corrected chi connectivity index (χ0v) is 16.5. The van der Waals surface area contributed by atoms with Crippen molar-refractivity contribution in [3.05, 3.63) is 53.7 Å². The number of pyridine rings is 1. The predicted molar refractivity (Wildman–Crippen MR) is 102 cm³/mol. The summed E-state index contributed by atoms with van der Waals surface area (Å²) in [5.74, 6) is 0.962. The molecule has 0 atom stereocenters. The highest BCUT2D eigenvalue weighted by Crippen LogP contribution is 2.41. The second kappa shape index (κ2) is 6.81. The van der Waals surface area contributed by atoms with Gasteiger partial charge in [0.2, 0.25) is 5.78 Å². The molecule has 1 aromatic heterocycles. The fourth-order valence-corrected chi connectivity index (χ4v) is 3.40. The molecule has 1 aliphatic heterocycles. The number of ether oxygens (including phenoxy) is 2. The molecule has 0 spiro atoms. The van der Waals surface area contributed by atoms with Crippen LogP contribution in [0.4, 0.5) is 0 Å². The molecule has 0 bridgehead atoms. The van der Waals surface area contributed by atoms with Crippen LogP contribution in [0.1, 0.15) is 31.9 Å². The Kier molecular flexibility index (Phi) is 4.82. The van der Waals surface area contributed by atoms with Gasteiger partial charge in [0.05, 0.1) is 12.2 Å². The number of Topliss-reactive ketones (excluding diaryl/α,β-unsaturated/α-hetero) is 1. The van der Waals surface area contributed by atoms with Crippen molar-refractivity contribution in [3.8, 4) is 5.75 Å². The van der Waals surface area contributed by atoms with Crippen molar-refractivity contribution in [2.45, 2.75) is 31.4 Å². The van der Waals surface area contributed by atoms with Crippen LogP contribution in [-0.4, -0.2) is 37.6 Å². The average Bonchev–Trinajstić information content (AvgIpc) is 2.85. The van der Waals surface area contributed by atoms with Crippen molar-refractivity contribution in [2.75, 3.05) is 12.9 Å². The summed E-state index contributed by atoms with van der Waals surface area (Å²) in [6, 6.07) is 10.2. The molecule has 6 nitrogen and oxygen atoms in total. The third-order valence-electron chi connectivity index (χ3n) is 4.19. The number of hydrogen-bond acceptors (Lipinski definition) is 6. The second-order valence-electron chi connectivity index (χ2n) is 6.76. The van der Waals surface area contributed by atoms with Crippen LogP contribution in [0.25, 0.3) is 11.3 Å². The summed E-state index contributed by atoms with van der Waals surface area (Å²) in [7, 11) is -3.40. The molecule has 0 fully saturated rings. The maximum atomic E-state index is 12.9. The first-order valence-electron chi connectivity index (χ1n) is 8.51. The van der Waals surface area contributed by atoms with Crippen LogP contribution >= 0.6 is 0 Å². The molecule has 0 unspecified atom stereocenters. The molecule has 27 heavy (non-hydrogen) atoms. The number of benzene rings is 1. The van der Waals surface area contributed by atoms with Crippen molar-refractivity contribution in [3.63, 3.8) is 0 Å². The Hall–Kier alpha value is -2.67. The van der Waals surface area contributed by atoms with Crippen molar-refractivity contribution in [1.29, 1.82) is 0 Å². The van der Waals surface area contributed by atoms with Gasteiger partial charge in [-0.2, -0.15) is 0 Å². The van der Waals surface area contributed by atoms with Gasteiger partial charge >= 0.3 is 0 Å². The molecule has 0 saturated carbocycles. The summed E-state index contributed by atoms with van der Waals surface area (Å²) < 4.78 is 34.6. The molecule has 0 radical (unpaired) electrons. The Balaban J connectivity index is 2.09. The molecule has 0 amide bonds. The summed E-state index contributed by atoms with van der Waals surface area (Å²) in [4.78, 5) is 16.9. The van der Waals surface area contributed by atoms with Crippen LogP contribution in [0.2, 0.25) is 0 Å². The minimum Gasteiger partial charge on any atom is -0.494 e. The minimum absolute atomic E-state index is 0.0296. The summed E-state index contributed by atoms with van der Waals surface area (Å²) >= 11 is 0. The van der Waals surface area contributed by atoms with Crippen LogP contribution < -0.4 is 4.74 Å². The van der Waals surface area contributed by atoms with E-state index in [1.54, 1.807) is 44.2 Å². The lowest BCUT2D eigenvalue weighted by Crippen LogP contribution is -2.29. The Labute approximate surface area is 158 Å². The van der Waals surface area contributed by atoms with Gasteiger partial charge in [-0.25, -0.2) is 13.4 Å². The lowest BCUT2D eigenvalue weighted by molar-refractivity contribution is -0.125. The highest BCUT2D eigenvalue weighted by Gasteiger charge is 2.42. The van der Waals surface area contributed by atoms with Gasteiger partial charge in [0.25, 0.3) is 0 Å². The van der Waals surface area contributed by atoms with Crippen LogP contribution in [0.15, 0.2) is 47.6 Å². The monoisotopic (exact) mass is 387 g/mol. The highest BCUT2D eigenvalue weighted by molar-refractivity contribution is 7.90. The lowest BCUT2D eigenvalue weighted by Gasteiger charge is -2.17. The van der Waals surface area contributed by atoms with Crippen molar-refractivity contribution >= 4 is 27.0 Å². The Bertz CT molecular complexity index is 1000. The maximum absolute atomic E-state index is 12.9.